The van der Waals surface area contributed by atoms with E-state index < -0.39 is 24.1 Å². The van der Waals surface area contributed by atoms with Gasteiger partial charge in [0, 0.05) is 19.2 Å². The number of carbonyl (C=O) groups excluding carboxylic acids is 1. The van der Waals surface area contributed by atoms with E-state index in [4.69, 9.17) is 4.74 Å². The maximum atomic E-state index is 13.2. The van der Waals surface area contributed by atoms with Gasteiger partial charge in [0.2, 0.25) is 5.90 Å². The first kappa shape index (κ1) is 27.1. The molecule has 1 N–H and O–H groups in total. The molecule has 0 spiro atoms. The van der Waals surface area contributed by atoms with Gasteiger partial charge in [-0.25, -0.2) is 13.8 Å². The third-order valence-electron chi connectivity index (χ3n) is 4.35. The zero-order valence-electron chi connectivity index (χ0n) is 18.5. The van der Waals surface area contributed by atoms with Gasteiger partial charge in [0.1, 0.15) is 5.70 Å². The molecule has 1 aliphatic heterocycles. The lowest BCUT2D eigenvalue weighted by Gasteiger charge is -2.24. The van der Waals surface area contributed by atoms with Gasteiger partial charge < -0.3 is 15.0 Å². The topological polar surface area (TPSA) is 53.9 Å². The van der Waals surface area contributed by atoms with Crippen LogP contribution in [0.2, 0.25) is 0 Å². The molecule has 0 radical (unpaired) electrons. The summed E-state index contributed by atoms with van der Waals surface area (Å²) in [6.45, 7) is 3.17. The number of amides is 1. The van der Waals surface area contributed by atoms with Crippen LogP contribution in [0.1, 0.15) is 20.3 Å². The Kier molecular flexibility index (Phi) is 10.9. The van der Waals surface area contributed by atoms with Crippen LogP contribution in [0.25, 0.3) is 0 Å². The largest absolute Gasteiger partial charge is 0.483 e. The number of rotatable bonds is 9. The van der Waals surface area contributed by atoms with Crippen LogP contribution in [-0.4, -0.2) is 63.1 Å². The average Bonchev–Trinajstić information content (AvgIpc) is 2.72. The van der Waals surface area contributed by atoms with Crippen LogP contribution in [0.15, 0.2) is 63.9 Å². The molecule has 32 heavy (non-hydrogen) atoms. The van der Waals surface area contributed by atoms with Crippen LogP contribution in [0, 0.1) is 0 Å². The number of nitrogens with zero attached hydrogens (tertiary/aromatic N) is 2. The summed E-state index contributed by atoms with van der Waals surface area (Å²) in [7, 11) is 2.90. The van der Waals surface area contributed by atoms with Crippen LogP contribution >= 0.6 is 0 Å². The van der Waals surface area contributed by atoms with Crippen molar-refractivity contribution in [2.75, 3.05) is 33.8 Å². The Labute approximate surface area is 184 Å². The Bertz CT molecular complexity index is 837. The summed E-state index contributed by atoms with van der Waals surface area (Å²) in [6.07, 6.45) is 0.678. The summed E-state index contributed by atoms with van der Waals surface area (Å²) < 4.78 is 70.4. The minimum absolute atomic E-state index is 0.0623. The molecule has 0 fully saturated rings. The van der Waals surface area contributed by atoms with Gasteiger partial charge in [-0.1, -0.05) is 31.2 Å². The van der Waals surface area contributed by atoms with Crippen molar-refractivity contribution in [1.29, 1.82) is 0 Å². The highest BCUT2D eigenvalue weighted by atomic mass is 19.4. The number of ether oxygens (including phenoxy) is 1. The Morgan fingerprint density at radius 3 is 2.59 bits per heavy atom. The number of methoxy groups -OCH3 is 1. The smallest absolute Gasteiger partial charge is 0.416 e. The Morgan fingerprint density at radius 1 is 1.38 bits per heavy atom. The Balaban J connectivity index is 2.93. The van der Waals surface area contributed by atoms with Crippen LogP contribution < -0.4 is 5.32 Å². The number of aliphatic imine (C=N–C) groups is 1. The van der Waals surface area contributed by atoms with E-state index in [2.05, 4.69) is 10.3 Å². The van der Waals surface area contributed by atoms with Gasteiger partial charge in [0.05, 0.1) is 25.8 Å². The molecule has 1 aliphatic rings. The van der Waals surface area contributed by atoms with E-state index in [0.717, 1.165) is 18.2 Å². The molecule has 0 saturated carbocycles. The van der Waals surface area contributed by atoms with E-state index in [1.807, 2.05) is 0 Å². The predicted molar refractivity (Wildman–Crippen MR) is 114 cm³/mol. The van der Waals surface area contributed by atoms with E-state index in [1.165, 1.54) is 24.2 Å². The number of hydrogen-bond acceptors (Lipinski definition) is 4. The van der Waals surface area contributed by atoms with Crippen molar-refractivity contribution in [2.45, 2.75) is 32.9 Å². The zero-order valence-corrected chi connectivity index (χ0v) is 18.5. The van der Waals surface area contributed by atoms with E-state index >= 15 is 0 Å². The van der Waals surface area contributed by atoms with Gasteiger partial charge in [0.25, 0.3) is 12.3 Å². The highest BCUT2D eigenvalue weighted by molar-refractivity contribution is 5.96. The maximum Gasteiger partial charge on any atom is 0.416 e. The summed E-state index contributed by atoms with van der Waals surface area (Å²) in [6, 6.07) is 0. The zero-order chi connectivity index (χ0) is 24.3. The number of allylic oxidation sites excluding steroid dienone is 6. The van der Waals surface area contributed by atoms with Crippen molar-refractivity contribution in [1.82, 2.24) is 10.2 Å². The van der Waals surface area contributed by atoms with Crippen molar-refractivity contribution >= 4 is 11.8 Å². The van der Waals surface area contributed by atoms with Crippen LogP contribution in [0.5, 0.6) is 0 Å². The van der Waals surface area contributed by atoms with Gasteiger partial charge in [-0.05, 0) is 31.1 Å². The fraction of sp³-hybridized carbons (Fsp3) is 0.455. The number of alkyl halides is 5. The molecule has 5 nitrogen and oxygen atoms in total. The maximum absolute atomic E-state index is 13.2. The van der Waals surface area contributed by atoms with Gasteiger partial charge in [-0.3, -0.25) is 4.79 Å². The SMILES string of the molecule is C\C=C/C(=C\C(=C\CC)C(F)(F)F)C/N=C(/CNC(=O)C1=CC(C(F)F)=CCN1C)OC. The minimum atomic E-state index is -4.49. The molecule has 0 atom stereocenters. The summed E-state index contributed by atoms with van der Waals surface area (Å²) >= 11 is 0. The summed E-state index contributed by atoms with van der Waals surface area (Å²) in [5.74, 6) is -0.525. The van der Waals surface area contributed by atoms with Crippen molar-refractivity contribution in [3.63, 3.8) is 0 Å². The Hall–Kier alpha value is -2.91. The number of halogens is 5. The Morgan fingerprint density at radius 2 is 2.06 bits per heavy atom. The van der Waals surface area contributed by atoms with E-state index in [0.29, 0.717) is 5.57 Å². The van der Waals surface area contributed by atoms with Gasteiger partial charge in [-0.15, -0.1) is 0 Å². The van der Waals surface area contributed by atoms with Gasteiger partial charge in [0.15, 0.2) is 0 Å². The van der Waals surface area contributed by atoms with Crippen molar-refractivity contribution in [3.8, 4) is 0 Å². The molecule has 1 heterocycles. The molecule has 178 valence electrons. The second kappa shape index (κ2) is 12.8. The normalized spacial score (nSPS) is 16.4. The molecule has 1 amide bonds. The molecule has 0 unspecified atom stereocenters. The third-order valence-corrected chi connectivity index (χ3v) is 4.35. The number of likely N-dealkylation sites (N-methyl/N-ethyl adjacent to an activating group) is 1. The fourth-order valence-electron chi connectivity index (χ4n) is 2.71. The minimum Gasteiger partial charge on any atom is -0.483 e. The number of nitrogens with one attached hydrogen (secondary N) is 1. The number of carbonyl (C=O) groups is 1. The molecule has 0 aromatic heterocycles. The fourth-order valence-corrected chi connectivity index (χ4v) is 2.71. The lowest BCUT2D eigenvalue weighted by Crippen LogP contribution is -2.38. The highest BCUT2D eigenvalue weighted by Gasteiger charge is 2.31. The van der Waals surface area contributed by atoms with Crippen LogP contribution in [0.4, 0.5) is 22.0 Å². The molecular weight excluding hydrogens is 433 g/mol. The van der Waals surface area contributed by atoms with Crippen LogP contribution in [-0.2, 0) is 9.53 Å². The standard InChI is InChI=1S/C22H28F5N3O2/c1-5-7-15(11-17(8-6-2)22(25,26)27)13-28-19(32-4)14-29-21(31)18-12-16(20(23)24)9-10-30(18)3/h5,7-9,11-12,20H,6,10,13-14H2,1-4H3,(H,29,31)/b7-5-,15-11+,17-8-,28-19-. The van der Waals surface area contributed by atoms with Crippen molar-refractivity contribution < 1.29 is 31.5 Å². The quantitative estimate of drug-likeness (QED) is 0.237. The first-order valence-electron chi connectivity index (χ1n) is 9.90. The van der Waals surface area contributed by atoms with Crippen molar-refractivity contribution in [2.24, 2.45) is 4.99 Å². The van der Waals surface area contributed by atoms with E-state index in [-0.39, 0.29) is 43.2 Å². The molecular formula is C22H28F5N3O2. The molecule has 1 rings (SSSR count). The lowest BCUT2D eigenvalue weighted by atomic mass is 10.1. The molecule has 0 saturated heterocycles. The molecule has 0 bridgehead atoms. The monoisotopic (exact) mass is 461 g/mol. The first-order valence-corrected chi connectivity index (χ1v) is 9.90. The lowest BCUT2D eigenvalue weighted by molar-refractivity contribution is -0.118. The van der Waals surface area contributed by atoms with Gasteiger partial charge >= 0.3 is 6.18 Å². The van der Waals surface area contributed by atoms with Crippen molar-refractivity contribution in [3.05, 3.63) is 58.9 Å². The summed E-state index contributed by atoms with van der Waals surface area (Å²) in [5, 5.41) is 2.53. The molecule has 0 aliphatic carbocycles. The second-order valence-electron chi connectivity index (χ2n) is 6.80. The van der Waals surface area contributed by atoms with E-state index in [9.17, 15) is 26.7 Å². The highest BCUT2D eigenvalue weighted by Crippen LogP contribution is 2.28. The van der Waals surface area contributed by atoms with Gasteiger partial charge in [-0.2, -0.15) is 13.2 Å². The molecule has 10 heteroatoms. The molecule has 0 aromatic rings. The second-order valence-corrected chi connectivity index (χ2v) is 6.80. The average molecular weight is 461 g/mol. The summed E-state index contributed by atoms with van der Waals surface area (Å²) in [4.78, 5) is 18.1. The van der Waals surface area contributed by atoms with Crippen LogP contribution in [0.3, 0.4) is 0 Å². The molecule has 0 aromatic carbocycles. The predicted octanol–water partition coefficient (Wildman–Crippen LogP) is 4.57. The third kappa shape index (κ3) is 8.68. The number of hydrogen-bond donors (Lipinski definition) is 1. The first-order chi connectivity index (χ1) is 15.0. The van der Waals surface area contributed by atoms with E-state index in [1.54, 1.807) is 27.0 Å². The summed E-state index contributed by atoms with van der Waals surface area (Å²) in [5.41, 5.74) is -0.652.